The average molecular weight is 343 g/mol. The Bertz CT molecular complexity index is 874. The van der Waals surface area contributed by atoms with Crippen molar-refractivity contribution in [2.45, 2.75) is 20.8 Å². The van der Waals surface area contributed by atoms with Crippen LogP contribution in [0.15, 0.2) is 34.7 Å². The van der Waals surface area contributed by atoms with Crippen LogP contribution >= 0.6 is 23.6 Å². The first-order valence-electron chi connectivity index (χ1n) is 7.14. The highest BCUT2D eigenvalue weighted by Gasteiger charge is 2.10. The molecule has 0 saturated carbocycles. The van der Waals surface area contributed by atoms with Gasteiger partial charge >= 0.3 is 0 Å². The molecule has 0 fully saturated rings. The van der Waals surface area contributed by atoms with Crippen molar-refractivity contribution in [3.05, 3.63) is 52.3 Å². The second-order valence-corrected chi connectivity index (χ2v) is 6.51. The van der Waals surface area contributed by atoms with Gasteiger partial charge in [-0.25, -0.2) is 4.98 Å². The standard InChI is InChI=1S/C16H17N5S2/c1-10-4-6-13(7-5-10)19-15(22)20-17-8-14-12(3)18-16-21(14)11(2)9-23-16/h4-9H,1-3H3,(H2,19,20,22)/b17-8-. The van der Waals surface area contributed by atoms with E-state index in [2.05, 4.69) is 37.5 Å². The molecular formula is C16H17N5S2. The molecule has 0 aliphatic carbocycles. The maximum absolute atomic E-state index is 5.25. The van der Waals surface area contributed by atoms with E-state index >= 15 is 0 Å². The second-order valence-electron chi connectivity index (χ2n) is 5.27. The first kappa shape index (κ1) is 15.6. The molecule has 0 aliphatic rings. The molecule has 0 spiro atoms. The van der Waals surface area contributed by atoms with Crippen molar-refractivity contribution >= 4 is 45.5 Å². The normalized spacial score (nSPS) is 11.3. The Hall–Kier alpha value is -2.25. The van der Waals surface area contributed by atoms with E-state index in [-0.39, 0.29) is 0 Å². The van der Waals surface area contributed by atoms with Crippen LogP contribution in [0.5, 0.6) is 0 Å². The van der Waals surface area contributed by atoms with Crippen LogP contribution in [0.4, 0.5) is 5.69 Å². The highest BCUT2D eigenvalue weighted by molar-refractivity contribution is 7.80. The van der Waals surface area contributed by atoms with Gasteiger partial charge < -0.3 is 5.32 Å². The largest absolute Gasteiger partial charge is 0.331 e. The van der Waals surface area contributed by atoms with Crippen molar-refractivity contribution in [2.75, 3.05) is 5.32 Å². The van der Waals surface area contributed by atoms with Crippen molar-refractivity contribution < 1.29 is 0 Å². The molecule has 0 aliphatic heterocycles. The molecule has 2 aromatic heterocycles. The second kappa shape index (κ2) is 6.47. The minimum atomic E-state index is 0.450. The van der Waals surface area contributed by atoms with Gasteiger partial charge in [0.2, 0.25) is 0 Å². The lowest BCUT2D eigenvalue weighted by atomic mass is 10.2. The Labute approximate surface area is 144 Å². The van der Waals surface area contributed by atoms with Crippen molar-refractivity contribution in [2.24, 2.45) is 5.10 Å². The van der Waals surface area contributed by atoms with E-state index in [9.17, 15) is 0 Å². The number of benzene rings is 1. The molecule has 0 radical (unpaired) electrons. The highest BCUT2D eigenvalue weighted by atomic mass is 32.1. The van der Waals surface area contributed by atoms with Crippen LogP contribution in [0, 0.1) is 20.8 Å². The third kappa shape index (κ3) is 3.40. The SMILES string of the molecule is Cc1ccc(NC(=S)N/N=C\c2c(C)nc3scc(C)n23)cc1. The zero-order valence-corrected chi connectivity index (χ0v) is 14.8. The first-order valence-corrected chi connectivity index (χ1v) is 8.43. The predicted octanol–water partition coefficient (Wildman–Crippen LogP) is 3.64. The smallest absolute Gasteiger partial charge is 0.194 e. The van der Waals surface area contributed by atoms with Gasteiger partial charge in [0.1, 0.15) is 0 Å². The Morgan fingerprint density at radius 1 is 1.26 bits per heavy atom. The summed E-state index contributed by atoms with van der Waals surface area (Å²) in [6.07, 6.45) is 1.75. The fourth-order valence-corrected chi connectivity index (χ4v) is 3.31. The summed E-state index contributed by atoms with van der Waals surface area (Å²) in [6, 6.07) is 8.01. The molecule has 118 valence electrons. The molecule has 3 aromatic rings. The number of thiocarbonyl (C=S) groups is 1. The molecule has 2 heterocycles. The van der Waals surface area contributed by atoms with Crippen LogP contribution in [0.3, 0.4) is 0 Å². The molecule has 1 aromatic carbocycles. The number of imidazole rings is 1. The molecule has 23 heavy (non-hydrogen) atoms. The van der Waals surface area contributed by atoms with Crippen LogP contribution in [-0.4, -0.2) is 20.7 Å². The van der Waals surface area contributed by atoms with Crippen molar-refractivity contribution in [1.82, 2.24) is 14.8 Å². The summed E-state index contributed by atoms with van der Waals surface area (Å²) in [5, 5.41) is 9.85. The zero-order valence-electron chi connectivity index (χ0n) is 13.1. The predicted molar refractivity (Wildman–Crippen MR) is 101 cm³/mol. The molecule has 0 atom stereocenters. The van der Waals surface area contributed by atoms with E-state index in [4.69, 9.17) is 12.2 Å². The van der Waals surface area contributed by atoms with Gasteiger partial charge in [-0.1, -0.05) is 17.7 Å². The molecule has 0 saturated heterocycles. The summed E-state index contributed by atoms with van der Waals surface area (Å²) >= 11 is 6.87. The Morgan fingerprint density at radius 2 is 2.00 bits per heavy atom. The van der Waals surface area contributed by atoms with Crippen LogP contribution in [0.2, 0.25) is 0 Å². The minimum Gasteiger partial charge on any atom is -0.331 e. The van der Waals surface area contributed by atoms with E-state index in [0.717, 1.165) is 27.7 Å². The first-order chi connectivity index (χ1) is 11.0. The van der Waals surface area contributed by atoms with Gasteiger partial charge in [-0.05, 0) is 45.1 Å². The molecular weight excluding hydrogens is 326 g/mol. The fraction of sp³-hybridized carbons (Fsp3) is 0.188. The number of nitrogens with zero attached hydrogens (tertiary/aromatic N) is 3. The number of nitrogens with one attached hydrogen (secondary N) is 2. The monoisotopic (exact) mass is 343 g/mol. The third-order valence-electron chi connectivity index (χ3n) is 3.42. The number of aromatic nitrogens is 2. The number of anilines is 1. The van der Waals surface area contributed by atoms with E-state index in [1.807, 2.05) is 38.1 Å². The molecule has 5 nitrogen and oxygen atoms in total. The van der Waals surface area contributed by atoms with Crippen LogP contribution < -0.4 is 10.7 Å². The van der Waals surface area contributed by atoms with E-state index in [0.29, 0.717) is 5.11 Å². The van der Waals surface area contributed by atoms with E-state index in [1.165, 1.54) is 5.56 Å². The molecule has 0 unspecified atom stereocenters. The quantitative estimate of drug-likeness (QED) is 0.433. The van der Waals surface area contributed by atoms with Gasteiger partial charge in [-0.3, -0.25) is 9.83 Å². The zero-order chi connectivity index (χ0) is 16.4. The Balaban J connectivity index is 1.68. The van der Waals surface area contributed by atoms with Crippen molar-refractivity contribution in [3.63, 3.8) is 0 Å². The Morgan fingerprint density at radius 3 is 2.74 bits per heavy atom. The lowest BCUT2D eigenvalue weighted by Gasteiger charge is -2.07. The average Bonchev–Trinajstić information content (AvgIpc) is 3.02. The van der Waals surface area contributed by atoms with Gasteiger partial charge in [-0.2, -0.15) is 5.10 Å². The van der Waals surface area contributed by atoms with E-state index in [1.54, 1.807) is 17.6 Å². The summed E-state index contributed by atoms with van der Waals surface area (Å²) in [5.41, 5.74) is 8.03. The molecule has 3 rings (SSSR count). The summed E-state index contributed by atoms with van der Waals surface area (Å²) < 4.78 is 2.08. The molecule has 0 bridgehead atoms. The number of hydrogen-bond donors (Lipinski definition) is 2. The van der Waals surface area contributed by atoms with Crippen molar-refractivity contribution in [1.29, 1.82) is 0 Å². The summed E-state index contributed by atoms with van der Waals surface area (Å²) in [5.74, 6) is 0. The van der Waals surface area contributed by atoms with Gasteiger partial charge in [0, 0.05) is 16.8 Å². The lowest BCUT2D eigenvalue weighted by Crippen LogP contribution is -2.23. The molecule has 2 N–H and O–H groups in total. The number of thiazole rings is 1. The number of rotatable bonds is 3. The summed E-state index contributed by atoms with van der Waals surface area (Å²) in [6.45, 7) is 6.08. The minimum absolute atomic E-state index is 0.450. The summed E-state index contributed by atoms with van der Waals surface area (Å²) in [7, 11) is 0. The fourth-order valence-electron chi connectivity index (χ4n) is 2.23. The van der Waals surface area contributed by atoms with Gasteiger partial charge in [0.15, 0.2) is 10.1 Å². The number of fused-ring (bicyclic) bond motifs is 1. The highest BCUT2D eigenvalue weighted by Crippen LogP contribution is 2.19. The molecule has 7 heteroatoms. The van der Waals surface area contributed by atoms with E-state index < -0.39 is 0 Å². The maximum Gasteiger partial charge on any atom is 0.194 e. The molecule has 0 amide bonds. The number of hydrogen-bond acceptors (Lipinski definition) is 4. The summed E-state index contributed by atoms with van der Waals surface area (Å²) in [4.78, 5) is 5.50. The van der Waals surface area contributed by atoms with Crippen LogP contribution in [0.25, 0.3) is 4.96 Å². The lowest BCUT2D eigenvalue weighted by molar-refractivity contribution is 1.04. The van der Waals surface area contributed by atoms with Crippen molar-refractivity contribution in [3.8, 4) is 0 Å². The van der Waals surface area contributed by atoms with Gasteiger partial charge in [0.25, 0.3) is 0 Å². The van der Waals surface area contributed by atoms with Gasteiger partial charge in [0.05, 0.1) is 17.6 Å². The Kier molecular flexibility index (Phi) is 4.40. The van der Waals surface area contributed by atoms with Crippen LogP contribution in [0.1, 0.15) is 22.6 Å². The third-order valence-corrected chi connectivity index (χ3v) is 4.55. The topological polar surface area (TPSA) is 53.7 Å². The number of hydrazone groups is 1. The maximum atomic E-state index is 5.25. The van der Waals surface area contributed by atoms with Gasteiger partial charge in [-0.15, -0.1) is 11.3 Å². The number of aryl methyl sites for hydroxylation is 3. The van der Waals surface area contributed by atoms with Crippen LogP contribution in [-0.2, 0) is 0 Å².